The zero-order valence-corrected chi connectivity index (χ0v) is 22.2. The second-order valence-electron chi connectivity index (χ2n) is 10.3. The van der Waals surface area contributed by atoms with Crippen molar-refractivity contribution in [1.29, 1.82) is 0 Å². The van der Waals surface area contributed by atoms with Crippen LogP contribution in [0.1, 0.15) is 22.9 Å². The highest BCUT2D eigenvalue weighted by atomic mass is 16.3. The highest BCUT2D eigenvalue weighted by molar-refractivity contribution is 6.17. The van der Waals surface area contributed by atoms with Crippen LogP contribution in [-0.2, 0) is 0 Å². The van der Waals surface area contributed by atoms with Crippen LogP contribution >= 0.6 is 0 Å². The van der Waals surface area contributed by atoms with Crippen molar-refractivity contribution < 1.29 is 4.42 Å². The Bertz CT molecular complexity index is 2140. The lowest BCUT2D eigenvalue weighted by atomic mass is 9.97. The topological polar surface area (TPSA) is 49.9 Å². The van der Waals surface area contributed by atoms with Gasteiger partial charge in [0.25, 0.3) is 0 Å². The summed E-state index contributed by atoms with van der Waals surface area (Å²) in [5.74, 6) is 1.60. The number of benzene rings is 6. The van der Waals surface area contributed by atoms with Crippen molar-refractivity contribution in [3.8, 4) is 11.1 Å². The molecule has 0 saturated heterocycles. The second-order valence-corrected chi connectivity index (χ2v) is 10.3. The number of hydrogen-bond acceptors (Lipinski definition) is 4. The Balaban J connectivity index is 1.24. The smallest absolute Gasteiger partial charge is 0.169 e. The molecule has 4 nitrogen and oxygen atoms in total. The van der Waals surface area contributed by atoms with Gasteiger partial charge in [0.05, 0.1) is 0 Å². The Morgan fingerprint density at radius 1 is 0.512 bits per heavy atom. The van der Waals surface area contributed by atoms with Crippen LogP contribution in [0.15, 0.2) is 154 Å². The van der Waals surface area contributed by atoms with Gasteiger partial charge in [0.2, 0.25) is 0 Å². The summed E-state index contributed by atoms with van der Waals surface area (Å²) in [6.45, 7) is 0. The largest absolute Gasteiger partial charge is 0.456 e. The van der Waals surface area contributed by atoms with Gasteiger partial charge in [-0.1, -0.05) is 115 Å². The number of hydrogen-bond donors (Lipinski definition) is 1. The molecule has 0 bridgehead atoms. The van der Waals surface area contributed by atoms with Gasteiger partial charge >= 0.3 is 0 Å². The molecule has 194 valence electrons. The third-order valence-corrected chi connectivity index (χ3v) is 7.71. The third kappa shape index (κ3) is 4.17. The Morgan fingerprint density at radius 3 is 2.07 bits per heavy atom. The van der Waals surface area contributed by atoms with Crippen molar-refractivity contribution in [3.63, 3.8) is 0 Å². The van der Waals surface area contributed by atoms with Crippen LogP contribution in [0, 0.1) is 0 Å². The molecule has 41 heavy (non-hydrogen) atoms. The van der Waals surface area contributed by atoms with E-state index >= 15 is 0 Å². The summed E-state index contributed by atoms with van der Waals surface area (Å²) in [5, 5.41) is 8.20. The number of furan rings is 1. The summed E-state index contributed by atoms with van der Waals surface area (Å²) in [5.41, 5.74) is 7.10. The molecule has 0 aliphatic carbocycles. The quantitative estimate of drug-likeness (QED) is 0.248. The Kier molecular flexibility index (Phi) is 5.49. The van der Waals surface area contributed by atoms with Crippen LogP contribution in [-0.4, -0.2) is 11.7 Å². The van der Waals surface area contributed by atoms with Crippen LogP contribution in [0.25, 0.3) is 43.8 Å². The molecule has 1 unspecified atom stereocenters. The van der Waals surface area contributed by atoms with Crippen molar-refractivity contribution in [2.45, 2.75) is 6.17 Å². The van der Waals surface area contributed by atoms with Crippen LogP contribution in [0.2, 0.25) is 0 Å². The Labute approximate surface area is 237 Å². The van der Waals surface area contributed by atoms with Crippen LogP contribution in [0.5, 0.6) is 0 Å². The molecule has 0 fully saturated rings. The summed E-state index contributed by atoms with van der Waals surface area (Å²) in [4.78, 5) is 10.2. The molecule has 0 radical (unpaired) electrons. The molecular weight excluding hydrogens is 502 g/mol. The summed E-state index contributed by atoms with van der Waals surface area (Å²) in [6.07, 6.45) is -0.348. The first kappa shape index (κ1) is 23.4. The Hall–Kier alpha value is -5.48. The lowest BCUT2D eigenvalue weighted by Crippen LogP contribution is -2.36. The molecule has 1 N–H and O–H groups in total. The van der Waals surface area contributed by atoms with Gasteiger partial charge in [0.15, 0.2) is 6.17 Å². The molecule has 0 spiro atoms. The predicted octanol–water partition coefficient (Wildman–Crippen LogP) is 8.90. The fourth-order valence-corrected chi connectivity index (χ4v) is 5.70. The first-order chi connectivity index (χ1) is 20.3. The number of fused-ring (bicyclic) bond motifs is 4. The van der Waals surface area contributed by atoms with Gasteiger partial charge in [-0.2, -0.15) is 0 Å². The van der Waals surface area contributed by atoms with Crippen molar-refractivity contribution in [3.05, 3.63) is 156 Å². The van der Waals surface area contributed by atoms with Gasteiger partial charge in [-0.05, 0) is 51.7 Å². The molecule has 4 heteroatoms. The van der Waals surface area contributed by atoms with E-state index in [0.717, 1.165) is 61.4 Å². The lowest BCUT2D eigenvalue weighted by molar-refractivity contribution is 0.669. The van der Waals surface area contributed by atoms with Gasteiger partial charge in [-0.3, -0.25) is 0 Å². The molecular formula is C37H25N3O. The minimum absolute atomic E-state index is 0.348. The maximum absolute atomic E-state index is 6.17. The normalized spacial score (nSPS) is 15.1. The van der Waals surface area contributed by atoms with Gasteiger partial charge in [-0.15, -0.1) is 0 Å². The molecule has 1 aliphatic heterocycles. The first-order valence-electron chi connectivity index (χ1n) is 13.8. The molecule has 1 atom stereocenters. The number of nitrogens with one attached hydrogen (secondary N) is 1. The molecule has 2 heterocycles. The summed E-state index contributed by atoms with van der Waals surface area (Å²) in [7, 11) is 0. The third-order valence-electron chi connectivity index (χ3n) is 7.71. The summed E-state index contributed by atoms with van der Waals surface area (Å²) < 4.78 is 6.17. The number of nitrogens with zero attached hydrogens (tertiary/aromatic N) is 2. The van der Waals surface area contributed by atoms with E-state index in [1.165, 1.54) is 10.8 Å². The summed E-state index contributed by atoms with van der Waals surface area (Å²) in [6, 6.07) is 48.1. The van der Waals surface area contributed by atoms with E-state index in [2.05, 4.69) is 108 Å². The number of aliphatic imine (C=N–C) groups is 2. The summed E-state index contributed by atoms with van der Waals surface area (Å²) >= 11 is 0. The molecule has 7 aromatic rings. The van der Waals surface area contributed by atoms with E-state index in [0.29, 0.717) is 0 Å². The van der Waals surface area contributed by atoms with E-state index in [-0.39, 0.29) is 6.17 Å². The predicted molar refractivity (Wildman–Crippen MR) is 168 cm³/mol. The fraction of sp³-hybridized carbons (Fsp3) is 0.0270. The molecule has 1 aromatic heterocycles. The highest BCUT2D eigenvalue weighted by Gasteiger charge is 2.21. The van der Waals surface area contributed by atoms with Crippen LogP contribution < -0.4 is 5.32 Å². The molecule has 1 aliphatic rings. The minimum Gasteiger partial charge on any atom is -0.456 e. The van der Waals surface area contributed by atoms with Crippen molar-refractivity contribution in [2.24, 2.45) is 9.98 Å². The van der Waals surface area contributed by atoms with Gasteiger partial charge in [-0.25, -0.2) is 9.98 Å². The van der Waals surface area contributed by atoms with E-state index in [1.54, 1.807) is 0 Å². The molecule has 8 rings (SSSR count). The van der Waals surface area contributed by atoms with Gasteiger partial charge < -0.3 is 9.73 Å². The van der Waals surface area contributed by atoms with Gasteiger partial charge in [0.1, 0.15) is 22.8 Å². The van der Waals surface area contributed by atoms with E-state index in [1.807, 2.05) is 36.4 Å². The first-order valence-corrected chi connectivity index (χ1v) is 13.8. The molecule has 6 aromatic carbocycles. The van der Waals surface area contributed by atoms with Crippen LogP contribution in [0.4, 0.5) is 0 Å². The average Bonchev–Trinajstić information content (AvgIpc) is 3.44. The molecule has 0 amide bonds. The van der Waals surface area contributed by atoms with Gasteiger partial charge in [0, 0.05) is 21.9 Å². The number of amidine groups is 2. The highest BCUT2D eigenvalue weighted by Crippen LogP contribution is 2.37. The number of para-hydroxylation sites is 1. The maximum Gasteiger partial charge on any atom is 0.169 e. The lowest BCUT2D eigenvalue weighted by Gasteiger charge is -2.23. The monoisotopic (exact) mass is 527 g/mol. The van der Waals surface area contributed by atoms with Crippen molar-refractivity contribution in [2.75, 3.05) is 0 Å². The van der Waals surface area contributed by atoms with E-state index in [4.69, 9.17) is 14.4 Å². The van der Waals surface area contributed by atoms with Crippen molar-refractivity contribution >= 4 is 44.4 Å². The SMILES string of the molecule is c1ccc(C2N=C(c3cccc(-c4cccc5oc6ccccc6c45)c3)NC(c3ccc4ccccc4c3)=N2)cc1. The zero-order chi connectivity index (χ0) is 27.2. The van der Waals surface area contributed by atoms with Crippen molar-refractivity contribution in [1.82, 2.24) is 5.32 Å². The van der Waals surface area contributed by atoms with E-state index < -0.39 is 0 Å². The maximum atomic E-state index is 6.17. The standard InChI is InChI=1S/C37H25N3O/c1-2-11-25(12-3-1)35-38-36(40-37(39-35)29-21-20-24-10-4-5-13-26(24)22-29)28-15-8-14-27(23-28)30-17-9-19-33-34(30)31-16-6-7-18-32(31)41-33/h1-23,35H,(H,38,39,40). The zero-order valence-electron chi connectivity index (χ0n) is 22.2. The fourth-order valence-electron chi connectivity index (χ4n) is 5.70. The minimum atomic E-state index is -0.348. The van der Waals surface area contributed by atoms with E-state index in [9.17, 15) is 0 Å². The molecule has 0 saturated carbocycles. The Morgan fingerprint density at radius 2 is 1.20 bits per heavy atom. The average molecular weight is 528 g/mol. The number of rotatable bonds is 4. The second kappa shape index (κ2) is 9.61. The van der Waals surface area contributed by atoms with Crippen LogP contribution in [0.3, 0.4) is 0 Å².